The van der Waals surface area contributed by atoms with Gasteiger partial charge in [-0.3, -0.25) is 4.79 Å². The van der Waals surface area contributed by atoms with E-state index in [0.29, 0.717) is 22.0 Å². The number of hydrogen-bond acceptors (Lipinski definition) is 3. The van der Waals surface area contributed by atoms with Crippen molar-refractivity contribution < 1.29 is 4.39 Å². The summed E-state index contributed by atoms with van der Waals surface area (Å²) in [6.45, 7) is 1.97. The van der Waals surface area contributed by atoms with Gasteiger partial charge in [0.2, 0.25) is 5.56 Å². The Balaban J connectivity index is 2.08. The maximum absolute atomic E-state index is 14.8. The second-order valence-electron chi connectivity index (χ2n) is 6.84. The van der Waals surface area contributed by atoms with Gasteiger partial charge in [0.1, 0.15) is 11.9 Å². The van der Waals surface area contributed by atoms with Crippen molar-refractivity contribution in [2.24, 2.45) is 12.2 Å². The van der Waals surface area contributed by atoms with Crippen molar-refractivity contribution in [3.05, 3.63) is 109 Å². The van der Waals surface area contributed by atoms with E-state index in [0.717, 1.165) is 11.1 Å². The van der Waals surface area contributed by atoms with Gasteiger partial charge in [0.05, 0.1) is 0 Å². The zero-order valence-electron chi connectivity index (χ0n) is 15.6. The van der Waals surface area contributed by atoms with Gasteiger partial charge in [-0.15, -0.1) is 0 Å². The van der Waals surface area contributed by atoms with Crippen LogP contribution in [0.5, 0.6) is 0 Å². The van der Waals surface area contributed by atoms with Crippen molar-refractivity contribution in [2.75, 3.05) is 0 Å². The summed E-state index contributed by atoms with van der Waals surface area (Å²) in [6, 6.07) is 15.0. The predicted molar refractivity (Wildman–Crippen MR) is 112 cm³/mol. The third-order valence-electron chi connectivity index (χ3n) is 4.98. The smallest absolute Gasteiger partial charge is 0.250 e. The highest BCUT2D eigenvalue weighted by atomic mass is 79.9. The first kappa shape index (κ1) is 20.1. The zero-order chi connectivity index (χ0) is 20.3. The largest absolute Gasteiger partial charge is 0.318 e. The molecule has 144 valence electrons. The molecule has 4 nitrogen and oxygen atoms in total. The molecule has 0 aliphatic heterocycles. The van der Waals surface area contributed by atoms with Crippen molar-refractivity contribution in [1.82, 2.24) is 4.57 Å². The van der Waals surface area contributed by atoms with E-state index >= 15 is 0 Å². The standard InChI is InChI=1S/C22H20BrFN2O2/c1-14-5-3-4-6-17(14)19(18-9-8-16(23)11-20(18)24)12-21(25-28)15-7-10-22(27)26(2)13-15/h3-11,13,19,21H,12H2,1-2H3. The summed E-state index contributed by atoms with van der Waals surface area (Å²) in [7, 11) is 1.63. The number of halogens is 2. The lowest BCUT2D eigenvalue weighted by Gasteiger charge is -2.23. The van der Waals surface area contributed by atoms with Crippen LogP contribution in [0, 0.1) is 17.6 Å². The van der Waals surface area contributed by atoms with Crippen LogP contribution in [0.1, 0.15) is 40.6 Å². The van der Waals surface area contributed by atoms with E-state index in [1.807, 2.05) is 31.2 Å². The Bertz CT molecular complexity index is 1060. The molecule has 0 spiro atoms. The van der Waals surface area contributed by atoms with Crippen molar-refractivity contribution >= 4 is 15.9 Å². The first-order valence-electron chi connectivity index (χ1n) is 8.90. The highest BCUT2D eigenvalue weighted by Crippen LogP contribution is 2.38. The highest BCUT2D eigenvalue weighted by molar-refractivity contribution is 9.10. The fourth-order valence-corrected chi connectivity index (χ4v) is 3.79. The Kier molecular flexibility index (Phi) is 6.19. The molecule has 0 amide bonds. The molecule has 6 heteroatoms. The summed E-state index contributed by atoms with van der Waals surface area (Å²) in [6.07, 6.45) is 1.91. The van der Waals surface area contributed by atoms with Crippen molar-refractivity contribution in [3.63, 3.8) is 0 Å². The van der Waals surface area contributed by atoms with Gasteiger partial charge in [0.15, 0.2) is 0 Å². The molecule has 0 fully saturated rings. The van der Waals surface area contributed by atoms with Crippen LogP contribution in [0.2, 0.25) is 0 Å². The molecular weight excluding hydrogens is 423 g/mol. The number of rotatable bonds is 6. The zero-order valence-corrected chi connectivity index (χ0v) is 17.2. The average Bonchev–Trinajstić information content (AvgIpc) is 2.67. The molecule has 3 rings (SSSR count). The molecule has 3 aromatic rings. The molecule has 0 radical (unpaired) electrons. The number of benzene rings is 2. The lowest BCUT2D eigenvalue weighted by molar-refractivity contribution is 0.547. The summed E-state index contributed by atoms with van der Waals surface area (Å²) in [5.41, 5.74) is 2.94. The highest BCUT2D eigenvalue weighted by Gasteiger charge is 2.25. The van der Waals surface area contributed by atoms with Gasteiger partial charge in [-0.05, 0) is 53.8 Å². The maximum Gasteiger partial charge on any atom is 0.250 e. The predicted octanol–water partition coefficient (Wildman–Crippen LogP) is 5.63. The molecule has 1 heterocycles. The van der Waals surface area contributed by atoms with Crippen LogP contribution < -0.4 is 5.56 Å². The van der Waals surface area contributed by atoms with Crippen LogP contribution in [-0.4, -0.2) is 4.57 Å². The van der Waals surface area contributed by atoms with Gasteiger partial charge in [0.25, 0.3) is 0 Å². The van der Waals surface area contributed by atoms with E-state index in [-0.39, 0.29) is 17.3 Å². The maximum atomic E-state index is 14.8. The van der Waals surface area contributed by atoms with Gasteiger partial charge in [-0.2, -0.15) is 4.91 Å². The number of aromatic nitrogens is 1. The molecule has 0 N–H and O–H groups in total. The topological polar surface area (TPSA) is 51.4 Å². The number of hydrogen-bond donors (Lipinski definition) is 0. The molecular formula is C22H20BrFN2O2. The van der Waals surface area contributed by atoms with Crippen molar-refractivity contribution in [1.29, 1.82) is 0 Å². The second-order valence-corrected chi connectivity index (χ2v) is 7.76. The van der Waals surface area contributed by atoms with Gasteiger partial charge < -0.3 is 4.57 Å². The van der Waals surface area contributed by atoms with Crippen LogP contribution in [0.15, 0.2) is 75.2 Å². The van der Waals surface area contributed by atoms with Gasteiger partial charge in [-0.1, -0.05) is 51.4 Å². The first-order valence-corrected chi connectivity index (χ1v) is 9.69. The fourth-order valence-electron chi connectivity index (χ4n) is 3.46. The fraction of sp³-hybridized carbons (Fsp3) is 0.227. The van der Waals surface area contributed by atoms with Crippen LogP contribution in [0.4, 0.5) is 4.39 Å². The quantitative estimate of drug-likeness (QED) is 0.464. The van der Waals surface area contributed by atoms with E-state index in [4.69, 9.17) is 0 Å². The number of nitrogens with zero attached hydrogens (tertiary/aromatic N) is 2. The number of pyridine rings is 1. The van der Waals surface area contributed by atoms with Crippen LogP contribution in [0.3, 0.4) is 0 Å². The minimum Gasteiger partial charge on any atom is -0.318 e. The molecule has 0 saturated heterocycles. The molecule has 2 aromatic carbocycles. The normalized spacial score (nSPS) is 13.1. The SMILES string of the molecule is Cc1ccccc1C(CC(N=O)c1ccc(=O)n(C)c1)c1ccc(Br)cc1F. The van der Waals surface area contributed by atoms with Gasteiger partial charge >= 0.3 is 0 Å². The average molecular weight is 443 g/mol. The van der Waals surface area contributed by atoms with Crippen molar-refractivity contribution in [3.8, 4) is 0 Å². The molecule has 1 aromatic heterocycles. The summed E-state index contributed by atoms with van der Waals surface area (Å²) in [5.74, 6) is -0.693. The summed E-state index contributed by atoms with van der Waals surface area (Å²) >= 11 is 3.29. The van der Waals surface area contributed by atoms with Crippen molar-refractivity contribution in [2.45, 2.75) is 25.3 Å². The first-order chi connectivity index (χ1) is 13.4. The van der Waals surface area contributed by atoms with E-state index in [1.165, 1.54) is 16.7 Å². The molecule has 0 aliphatic rings. The Labute approximate surface area is 171 Å². The monoisotopic (exact) mass is 442 g/mol. The lowest BCUT2D eigenvalue weighted by atomic mass is 9.82. The third-order valence-corrected chi connectivity index (χ3v) is 5.47. The molecule has 0 saturated carbocycles. The molecule has 0 bridgehead atoms. The minimum absolute atomic E-state index is 0.164. The van der Waals surface area contributed by atoms with E-state index in [1.54, 1.807) is 31.4 Å². The lowest BCUT2D eigenvalue weighted by Crippen LogP contribution is -2.17. The Morgan fingerprint density at radius 2 is 1.86 bits per heavy atom. The Morgan fingerprint density at radius 1 is 1.11 bits per heavy atom. The van der Waals surface area contributed by atoms with E-state index in [2.05, 4.69) is 21.1 Å². The third kappa shape index (κ3) is 4.28. The van der Waals surface area contributed by atoms with E-state index in [9.17, 15) is 14.1 Å². The van der Waals surface area contributed by atoms with Crippen LogP contribution >= 0.6 is 15.9 Å². The Morgan fingerprint density at radius 3 is 2.50 bits per heavy atom. The molecule has 28 heavy (non-hydrogen) atoms. The summed E-state index contributed by atoms with van der Waals surface area (Å²) in [4.78, 5) is 23.4. The van der Waals surface area contributed by atoms with Crippen LogP contribution in [-0.2, 0) is 7.05 Å². The minimum atomic E-state index is -0.709. The number of nitroso groups, excluding NO2 is 1. The summed E-state index contributed by atoms with van der Waals surface area (Å²) < 4.78 is 16.9. The Hall–Kier alpha value is -2.60. The van der Waals surface area contributed by atoms with Gasteiger partial charge in [-0.25, -0.2) is 4.39 Å². The molecule has 2 unspecified atom stereocenters. The molecule has 0 aliphatic carbocycles. The second kappa shape index (κ2) is 8.61. The molecule has 2 atom stereocenters. The van der Waals surface area contributed by atoms with Gasteiger partial charge in [0, 0.05) is 29.7 Å². The number of aryl methyl sites for hydroxylation is 2. The van der Waals surface area contributed by atoms with Crippen LogP contribution in [0.25, 0.3) is 0 Å². The summed E-state index contributed by atoms with van der Waals surface area (Å²) in [5, 5.41) is 3.30. The van der Waals surface area contributed by atoms with E-state index < -0.39 is 6.04 Å².